The third-order valence-corrected chi connectivity index (χ3v) is 3.87. The minimum Gasteiger partial charge on any atom is -0.508 e. The molecular formula is C17H23N5O2. The lowest BCUT2D eigenvalue weighted by Crippen LogP contribution is -2.46. The molecule has 1 aromatic rings. The van der Waals surface area contributed by atoms with E-state index in [1.807, 2.05) is 13.0 Å². The summed E-state index contributed by atoms with van der Waals surface area (Å²) in [6.45, 7) is 6.99. The van der Waals surface area contributed by atoms with Crippen LogP contribution in [0.3, 0.4) is 0 Å². The predicted octanol–water partition coefficient (Wildman–Crippen LogP) is 0.541. The van der Waals surface area contributed by atoms with Gasteiger partial charge in [0.15, 0.2) is 0 Å². The molecule has 2 rings (SSSR count). The van der Waals surface area contributed by atoms with Crippen LogP contribution in [-0.2, 0) is 4.79 Å². The lowest BCUT2D eigenvalue weighted by atomic mass is 10.2. The molecule has 1 aliphatic heterocycles. The maximum atomic E-state index is 12.1. The van der Waals surface area contributed by atoms with Crippen LogP contribution in [0.25, 0.3) is 0 Å². The van der Waals surface area contributed by atoms with Gasteiger partial charge in [0.05, 0.1) is 0 Å². The Balaban J connectivity index is 1.85. The molecule has 4 N–H and O–H groups in total. The number of piperazine rings is 1. The number of nitriles is 1. The van der Waals surface area contributed by atoms with E-state index in [0.717, 1.165) is 44.0 Å². The summed E-state index contributed by atoms with van der Waals surface area (Å²) in [4.78, 5) is 14.3. The van der Waals surface area contributed by atoms with Crippen LogP contribution >= 0.6 is 0 Å². The van der Waals surface area contributed by atoms with Gasteiger partial charge in [-0.05, 0) is 30.7 Å². The molecular weight excluding hydrogens is 306 g/mol. The third kappa shape index (κ3) is 5.26. The summed E-state index contributed by atoms with van der Waals surface area (Å²) in [5.74, 6) is -0.218. The summed E-state index contributed by atoms with van der Waals surface area (Å²) in [5, 5.41) is 27.5. The molecule has 1 heterocycles. The van der Waals surface area contributed by atoms with Gasteiger partial charge in [-0.3, -0.25) is 9.69 Å². The summed E-state index contributed by atoms with van der Waals surface area (Å²) in [5.41, 5.74) is 1.57. The molecule has 0 aliphatic carbocycles. The number of aromatic hydroxyl groups is 1. The van der Waals surface area contributed by atoms with Crippen LogP contribution in [0.1, 0.15) is 5.56 Å². The predicted molar refractivity (Wildman–Crippen MR) is 92.5 cm³/mol. The first-order valence-electron chi connectivity index (χ1n) is 7.98. The van der Waals surface area contributed by atoms with E-state index in [4.69, 9.17) is 5.26 Å². The van der Waals surface area contributed by atoms with E-state index in [9.17, 15) is 9.90 Å². The highest BCUT2D eigenvalue weighted by atomic mass is 16.3. The number of hydrogen-bond acceptors (Lipinski definition) is 6. The largest absolute Gasteiger partial charge is 0.508 e. The Bertz CT molecular complexity index is 645. The number of nitrogens with one attached hydrogen (secondary N) is 3. The van der Waals surface area contributed by atoms with Crippen molar-refractivity contribution in [1.82, 2.24) is 15.5 Å². The van der Waals surface area contributed by atoms with Crippen LogP contribution in [0, 0.1) is 18.3 Å². The van der Waals surface area contributed by atoms with Crippen molar-refractivity contribution >= 4 is 11.6 Å². The quantitative estimate of drug-likeness (QED) is 0.345. The molecule has 24 heavy (non-hydrogen) atoms. The number of nitrogens with zero attached hydrogens (tertiary/aromatic N) is 2. The van der Waals surface area contributed by atoms with Crippen LogP contribution in [0.4, 0.5) is 5.69 Å². The van der Waals surface area contributed by atoms with Gasteiger partial charge in [-0.25, -0.2) is 0 Å². The molecule has 0 unspecified atom stereocenters. The second kappa shape index (κ2) is 8.91. The SMILES string of the molecule is Cc1cc(O)ccc1N/C=C(/C#N)C(=O)NCCN1CCNCC1. The van der Waals surface area contributed by atoms with Crippen molar-refractivity contribution in [3.05, 3.63) is 35.5 Å². The fraction of sp³-hybridized carbons (Fsp3) is 0.412. The topological polar surface area (TPSA) is 100 Å². The summed E-state index contributed by atoms with van der Waals surface area (Å²) < 4.78 is 0. The average molecular weight is 329 g/mol. The first-order chi connectivity index (χ1) is 11.6. The Hall–Kier alpha value is -2.56. The molecule has 7 nitrogen and oxygen atoms in total. The molecule has 1 fully saturated rings. The lowest BCUT2D eigenvalue weighted by Gasteiger charge is -2.27. The molecule has 0 atom stereocenters. The molecule has 128 valence electrons. The zero-order valence-corrected chi connectivity index (χ0v) is 13.8. The second-order valence-corrected chi connectivity index (χ2v) is 5.66. The van der Waals surface area contributed by atoms with E-state index in [1.54, 1.807) is 18.2 Å². The molecule has 1 aromatic carbocycles. The summed E-state index contributed by atoms with van der Waals surface area (Å²) in [6.07, 6.45) is 1.39. The van der Waals surface area contributed by atoms with E-state index < -0.39 is 5.91 Å². The van der Waals surface area contributed by atoms with Gasteiger partial charge < -0.3 is 21.1 Å². The standard InChI is InChI=1S/C17H23N5O2/c1-13-10-15(23)2-3-16(13)21-12-14(11-18)17(24)20-6-9-22-7-4-19-5-8-22/h2-3,10,12,19,21,23H,4-9H2,1H3,(H,20,24)/b14-12-. The first kappa shape index (κ1) is 17.8. The minimum absolute atomic E-state index is 0.0165. The fourth-order valence-corrected chi connectivity index (χ4v) is 2.47. The number of carbonyl (C=O) groups excluding carboxylic acids is 1. The molecule has 0 aromatic heterocycles. The number of anilines is 1. The van der Waals surface area contributed by atoms with Gasteiger partial charge >= 0.3 is 0 Å². The zero-order valence-electron chi connectivity index (χ0n) is 13.8. The van der Waals surface area contributed by atoms with Crippen molar-refractivity contribution in [1.29, 1.82) is 5.26 Å². The summed E-state index contributed by atoms with van der Waals surface area (Å²) in [7, 11) is 0. The van der Waals surface area contributed by atoms with Gasteiger partial charge in [0.2, 0.25) is 0 Å². The van der Waals surface area contributed by atoms with Crippen LogP contribution in [0.15, 0.2) is 30.0 Å². The molecule has 0 bridgehead atoms. The highest BCUT2D eigenvalue weighted by Crippen LogP contribution is 2.20. The van der Waals surface area contributed by atoms with E-state index in [2.05, 4.69) is 20.9 Å². The van der Waals surface area contributed by atoms with Gasteiger partial charge in [0.25, 0.3) is 5.91 Å². The number of benzene rings is 1. The lowest BCUT2D eigenvalue weighted by molar-refractivity contribution is -0.117. The summed E-state index contributed by atoms with van der Waals surface area (Å²) in [6, 6.07) is 6.75. The van der Waals surface area contributed by atoms with Crippen LogP contribution in [-0.4, -0.2) is 55.2 Å². The van der Waals surface area contributed by atoms with Crippen molar-refractivity contribution in [2.75, 3.05) is 44.6 Å². The van der Waals surface area contributed by atoms with E-state index in [-0.39, 0.29) is 11.3 Å². The number of phenols is 1. The molecule has 1 aliphatic rings. The van der Waals surface area contributed by atoms with Gasteiger partial charge in [0, 0.05) is 51.2 Å². The van der Waals surface area contributed by atoms with Crippen molar-refractivity contribution in [3.8, 4) is 11.8 Å². The molecule has 1 saturated heterocycles. The summed E-state index contributed by atoms with van der Waals surface area (Å²) >= 11 is 0. The Kier molecular flexibility index (Phi) is 6.61. The molecule has 0 saturated carbocycles. The Morgan fingerprint density at radius 3 is 2.88 bits per heavy atom. The Morgan fingerprint density at radius 2 is 2.21 bits per heavy atom. The molecule has 1 amide bonds. The Labute approximate surface area is 142 Å². The van der Waals surface area contributed by atoms with Crippen molar-refractivity contribution in [2.24, 2.45) is 0 Å². The molecule has 0 spiro atoms. The average Bonchev–Trinajstić information content (AvgIpc) is 2.58. The maximum Gasteiger partial charge on any atom is 0.263 e. The first-order valence-corrected chi connectivity index (χ1v) is 7.98. The van der Waals surface area contributed by atoms with Crippen molar-refractivity contribution in [3.63, 3.8) is 0 Å². The van der Waals surface area contributed by atoms with Gasteiger partial charge in [0.1, 0.15) is 17.4 Å². The number of rotatable bonds is 6. The third-order valence-electron chi connectivity index (χ3n) is 3.87. The van der Waals surface area contributed by atoms with Crippen molar-refractivity contribution in [2.45, 2.75) is 6.92 Å². The zero-order chi connectivity index (χ0) is 17.4. The normalized spacial score (nSPS) is 15.6. The van der Waals surface area contributed by atoms with Crippen LogP contribution in [0.2, 0.25) is 0 Å². The highest BCUT2D eigenvalue weighted by Gasteiger charge is 2.11. The second-order valence-electron chi connectivity index (χ2n) is 5.66. The van der Waals surface area contributed by atoms with E-state index in [1.165, 1.54) is 6.20 Å². The van der Waals surface area contributed by atoms with Crippen LogP contribution < -0.4 is 16.0 Å². The molecule has 0 radical (unpaired) electrons. The van der Waals surface area contributed by atoms with Crippen LogP contribution in [0.5, 0.6) is 5.75 Å². The van der Waals surface area contributed by atoms with E-state index in [0.29, 0.717) is 6.54 Å². The van der Waals surface area contributed by atoms with E-state index >= 15 is 0 Å². The van der Waals surface area contributed by atoms with Gasteiger partial charge in [-0.1, -0.05) is 0 Å². The fourth-order valence-electron chi connectivity index (χ4n) is 2.47. The number of amides is 1. The smallest absolute Gasteiger partial charge is 0.263 e. The number of carbonyl (C=O) groups is 1. The minimum atomic E-state index is -0.392. The molecule has 7 heteroatoms. The monoisotopic (exact) mass is 329 g/mol. The van der Waals surface area contributed by atoms with Gasteiger partial charge in [-0.2, -0.15) is 5.26 Å². The van der Waals surface area contributed by atoms with Gasteiger partial charge in [-0.15, -0.1) is 0 Å². The number of phenolic OH excluding ortho intramolecular Hbond substituents is 1. The Morgan fingerprint density at radius 1 is 1.46 bits per heavy atom. The maximum absolute atomic E-state index is 12.1. The number of aryl methyl sites for hydroxylation is 1. The highest BCUT2D eigenvalue weighted by molar-refractivity contribution is 5.97. The number of hydrogen-bond donors (Lipinski definition) is 4. The van der Waals surface area contributed by atoms with Crippen molar-refractivity contribution < 1.29 is 9.90 Å².